The SMILES string of the molecule is CC(=O)[C@@H](N)CSSCC(N)C(=O)NC(Cc1ccc(O)cc1)C(=O)N1CCCC1C(=O)NC(Cc1ccc(O)cc1)C(=O)NC(CC(=O)O)C(=O)NC(C(=O)N1CCCC1C(=O)NC(CC(=O)O)C(=O)NC(Cc1ccc(O)cc1)C(=O)NC(C)C(N)=O)C(C)C. The van der Waals surface area contributed by atoms with Gasteiger partial charge in [-0.3, -0.25) is 62.3 Å². The molecule has 11 atom stereocenters. The molecule has 10 amide bonds. The lowest BCUT2D eigenvalue weighted by Crippen LogP contribution is -2.61. The molecule has 3 aromatic rings. The second-order valence-electron chi connectivity index (χ2n) is 22.7. The van der Waals surface area contributed by atoms with Gasteiger partial charge in [-0.05, 0) is 98.5 Å². The third kappa shape index (κ3) is 22.4. The Bertz CT molecular complexity index is 3160. The third-order valence-corrected chi connectivity index (χ3v) is 17.6. The number of ketones is 1. The Labute approximate surface area is 537 Å². The van der Waals surface area contributed by atoms with Crippen LogP contribution < -0.4 is 54.4 Å². The Morgan fingerprint density at radius 2 is 0.848 bits per heavy atom. The largest absolute Gasteiger partial charge is 0.508 e. The number of amides is 10. The highest BCUT2D eigenvalue weighted by Gasteiger charge is 2.43. The Morgan fingerprint density at radius 3 is 1.28 bits per heavy atom. The van der Waals surface area contributed by atoms with E-state index in [1.54, 1.807) is 0 Å². The number of likely N-dealkylation sites (tertiary alicyclic amines) is 2. The van der Waals surface area contributed by atoms with Crippen molar-refractivity contribution in [2.45, 2.75) is 152 Å². The number of carbonyl (C=O) groups excluding carboxylic acids is 11. The highest BCUT2D eigenvalue weighted by molar-refractivity contribution is 8.76. The molecule has 92 heavy (non-hydrogen) atoms. The van der Waals surface area contributed by atoms with E-state index in [9.17, 15) is 87.9 Å². The number of phenolic OH excluding ortho intramolecular Hbond substituents is 3. The number of benzene rings is 3. The van der Waals surface area contributed by atoms with Crippen molar-refractivity contribution in [1.29, 1.82) is 0 Å². The molecule has 10 unspecified atom stereocenters. The summed E-state index contributed by atoms with van der Waals surface area (Å²) in [5.41, 5.74) is 18.7. The molecule has 2 saturated heterocycles. The molecule has 500 valence electrons. The number of rotatable bonds is 34. The number of phenols is 3. The molecule has 2 aliphatic rings. The third-order valence-electron chi connectivity index (χ3n) is 15.2. The zero-order valence-electron chi connectivity index (χ0n) is 51.0. The van der Waals surface area contributed by atoms with Crippen molar-refractivity contribution >= 4 is 98.4 Å². The van der Waals surface area contributed by atoms with Crippen LogP contribution in [0.3, 0.4) is 0 Å². The lowest BCUT2D eigenvalue weighted by molar-refractivity contribution is -0.145. The number of hydrogen-bond donors (Lipinski definition) is 15. The molecule has 0 bridgehead atoms. The monoisotopic (exact) mass is 1320 g/mol. The molecule has 0 aliphatic carbocycles. The van der Waals surface area contributed by atoms with E-state index in [-0.39, 0.29) is 86.2 Å². The normalized spacial score (nSPS) is 17.4. The number of primary amides is 1. The highest BCUT2D eigenvalue weighted by atomic mass is 33.1. The predicted octanol–water partition coefficient (Wildman–Crippen LogP) is -2.06. The number of aliphatic carboxylic acids is 2. The summed E-state index contributed by atoms with van der Waals surface area (Å²) in [6.07, 6.45) is -2.17. The minimum atomic E-state index is -1.93. The van der Waals surface area contributed by atoms with Crippen LogP contribution >= 0.6 is 21.6 Å². The molecule has 18 N–H and O–H groups in total. The maximum Gasteiger partial charge on any atom is 0.305 e. The molecule has 2 heterocycles. The number of Topliss-reactive ketones (excluding diaryl/α,β-unsaturated/α-hetero) is 1. The van der Waals surface area contributed by atoms with Crippen LogP contribution in [-0.2, 0) is 81.6 Å². The van der Waals surface area contributed by atoms with E-state index in [1.165, 1.54) is 127 Å². The fourth-order valence-corrected chi connectivity index (χ4v) is 12.3. The van der Waals surface area contributed by atoms with Crippen LogP contribution in [0.25, 0.3) is 0 Å². The Balaban J connectivity index is 1.33. The van der Waals surface area contributed by atoms with Gasteiger partial charge in [0.2, 0.25) is 59.1 Å². The summed E-state index contributed by atoms with van der Waals surface area (Å²) in [5, 5.41) is 67.1. The van der Waals surface area contributed by atoms with Crippen molar-refractivity contribution in [2.24, 2.45) is 23.1 Å². The molecular formula is C60H80N12O18S2. The maximum atomic E-state index is 14.6. The van der Waals surface area contributed by atoms with E-state index in [4.69, 9.17) is 17.2 Å². The number of carbonyl (C=O) groups is 13. The van der Waals surface area contributed by atoms with Crippen LogP contribution in [0, 0.1) is 5.92 Å². The smallest absolute Gasteiger partial charge is 0.305 e. The number of carboxylic acids is 2. The van der Waals surface area contributed by atoms with Gasteiger partial charge in [0.15, 0.2) is 0 Å². The molecule has 2 fully saturated rings. The van der Waals surface area contributed by atoms with Crippen molar-refractivity contribution in [1.82, 2.24) is 47.0 Å². The zero-order valence-corrected chi connectivity index (χ0v) is 52.7. The van der Waals surface area contributed by atoms with Crippen molar-refractivity contribution in [3.8, 4) is 17.2 Å². The molecule has 32 heteroatoms. The number of nitrogens with zero attached hydrogens (tertiary/aromatic N) is 2. The van der Waals surface area contributed by atoms with Gasteiger partial charge in [-0.1, -0.05) is 71.8 Å². The molecule has 30 nitrogen and oxygen atoms in total. The summed E-state index contributed by atoms with van der Waals surface area (Å²) in [6, 6.07) is 1.47. The first-order chi connectivity index (χ1) is 43.4. The number of aromatic hydroxyl groups is 3. The quantitative estimate of drug-likeness (QED) is 0.0226. The fraction of sp³-hybridized carbons (Fsp3) is 0.483. The predicted molar refractivity (Wildman–Crippen MR) is 334 cm³/mol. The van der Waals surface area contributed by atoms with Crippen molar-refractivity contribution in [2.75, 3.05) is 24.6 Å². The first-order valence-electron chi connectivity index (χ1n) is 29.5. The summed E-state index contributed by atoms with van der Waals surface area (Å²) in [7, 11) is 2.43. The van der Waals surface area contributed by atoms with E-state index in [1.807, 2.05) is 0 Å². The van der Waals surface area contributed by atoms with Crippen molar-refractivity contribution in [3.05, 3.63) is 89.5 Å². The first-order valence-corrected chi connectivity index (χ1v) is 32.0. The zero-order chi connectivity index (χ0) is 68.1. The number of hydrogen-bond acceptors (Lipinski definition) is 20. The standard InChI is InChI=1S/C60H80N12O18S2/c1-30(2)50(60(90)72-22-6-8-47(72)58(88)68-43(26-48(77)78)55(85)65-41(53(83)64-31(3)51(63)81)23-33-9-15-36(74)16-10-33)70-56(86)44(27-49(79)80)66-54(84)42(24-34-11-17-37(75)18-12-34)67-57(87)46-7-5-21-71(46)59(89)45(25-35-13-19-38(76)20-14-35)69-52(82)40(62)29-92-91-28-39(61)32(4)73/h9-20,30-31,39-47,50,74-76H,5-8,21-29,61-62H2,1-4H3,(H2,63,81)(H,64,83)(H,65,85)(H,66,84)(H,67,87)(H,68,88)(H,69,82)(H,70,86)(H,77,78)(H,79,80)/t31?,39-,40?,41?,42?,43?,44?,45?,46?,47?,50?/m0/s1. The van der Waals surface area contributed by atoms with Gasteiger partial charge in [0, 0.05) is 43.9 Å². The van der Waals surface area contributed by atoms with E-state index >= 15 is 0 Å². The molecule has 0 saturated carbocycles. The van der Waals surface area contributed by atoms with Gasteiger partial charge in [0.1, 0.15) is 77.4 Å². The van der Waals surface area contributed by atoms with Gasteiger partial charge < -0.3 is 89.8 Å². The molecule has 3 aromatic carbocycles. The van der Waals surface area contributed by atoms with Gasteiger partial charge in [0.25, 0.3) is 0 Å². The number of nitrogens with one attached hydrogen (secondary N) is 7. The second kappa shape index (κ2) is 35.0. The van der Waals surface area contributed by atoms with Gasteiger partial charge >= 0.3 is 11.9 Å². The van der Waals surface area contributed by atoms with Crippen molar-refractivity contribution in [3.63, 3.8) is 0 Å². The van der Waals surface area contributed by atoms with Crippen LogP contribution in [0.5, 0.6) is 17.2 Å². The molecule has 0 spiro atoms. The topological polar surface area (TPSA) is 492 Å². The van der Waals surface area contributed by atoms with E-state index in [0.717, 1.165) is 4.90 Å². The average molecular weight is 1320 g/mol. The minimum absolute atomic E-state index is 0.0143. The Hall–Kier alpha value is -9.01. The summed E-state index contributed by atoms with van der Waals surface area (Å²) < 4.78 is 0. The molecule has 0 aromatic heterocycles. The molecular weight excluding hydrogens is 1240 g/mol. The van der Waals surface area contributed by atoms with Crippen LogP contribution in [0.2, 0.25) is 0 Å². The summed E-state index contributed by atoms with van der Waals surface area (Å²) in [5.74, 6) is -13.5. The van der Waals surface area contributed by atoms with Crippen LogP contribution in [-0.4, -0.2) is 203 Å². The molecule has 2 aliphatic heterocycles. The lowest BCUT2D eigenvalue weighted by Gasteiger charge is -2.32. The van der Waals surface area contributed by atoms with E-state index < -0.39 is 156 Å². The fourth-order valence-electron chi connectivity index (χ4n) is 9.92. The number of carboxylic acid groups (broad SMARTS) is 2. The second-order valence-corrected chi connectivity index (χ2v) is 25.3. The van der Waals surface area contributed by atoms with Gasteiger partial charge in [0.05, 0.1) is 24.9 Å². The Morgan fingerprint density at radius 1 is 0.489 bits per heavy atom. The summed E-state index contributed by atoms with van der Waals surface area (Å²) in [4.78, 5) is 178. The van der Waals surface area contributed by atoms with E-state index in [0.29, 0.717) is 23.1 Å². The molecule has 0 radical (unpaired) electrons. The van der Waals surface area contributed by atoms with Gasteiger partial charge in [-0.2, -0.15) is 0 Å². The van der Waals surface area contributed by atoms with Crippen LogP contribution in [0.4, 0.5) is 0 Å². The maximum absolute atomic E-state index is 14.6. The van der Waals surface area contributed by atoms with Gasteiger partial charge in [-0.15, -0.1) is 0 Å². The Kier molecular flexibility index (Phi) is 28.0. The minimum Gasteiger partial charge on any atom is -0.508 e. The van der Waals surface area contributed by atoms with Crippen LogP contribution in [0.1, 0.15) is 82.9 Å². The summed E-state index contributed by atoms with van der Waals surface area (Å²) >= 11 is 0. The summed E-state index contributed by atoms with van der Waals surface area (Å²) in [6.45, 7) is 5.63. The lowest BCUT2D eigenvalue weighted by atomic mass is 10.0. The van der Waals surface area contributed by atoms with Crippen LogP contribution in [0.15, 0.2) is 72.8 Å². The highest BCUT2D eigenvalue weighted by Crippen LogP contribution is 2.25. The first kappa shape index (κ1) is 73.7. The molecule has 5 rings (SSSR count). The van der Waals surface area contributed by atoms with E-state index in [2.05, 4.69) is 37.2 Å². The van der Waals surface area contributed by atoms with Crippen molar-refractivity contribution < 1.29 is 87.9 Å². The average Bonchev–Trinajstić information content (AvgIpc) is 1.63. The van der Waals surface area contributed by atoms with Gasteiger partial charge in [-0.25, -0.2) is 0 Å². The number of nitrogens with two attached hydrogens (primary N) is 3.